The minimum Gasteiger partial charge on any atom is -0.392 e. The number of likely N-dealkylation sites (N-methyl/N-ethyl adjacent to an activating group) is 1. The Labute approximate surface area is 188 Å². The molecule has 1 aliphatic rings. The number of aliphatic hydroxyl groups excluding tert-OH is 1. The zero-order valence-corrected chi connectivity index (χ0v) is 18.0. The Bertz CT molecular complexity index is 922. The van der Waals surface area contributed by atoms with Crippen molar-refractivity contribution in [1.29, 1.82) is 0 Å². The molecule has 2 aromatic carbocycles. The molecule has 5 nitrogen and oxygen atoms in total. The number of β-amino-alcohol motifs (C(OH)–C–C–N with tert-alkyl or cyclic N) is 1. The van der Waals surface area contributed by atoms with Crippen LogP contribution in [0.5, 0.6) is 0 Å². The number of carbonyl (C=O) groups is 1. The summed E-state index contributed by atoms with van der Waals surface area (Å²) in [6.07, 6.45) is -5.37. The van der Waals surface area contributed by atoms with Crippen LogP contribution >= 0.6 is 0 Å². The Morgan fingerprint density at radius 2 is 1.76 bits per heavy atom. The third kappa shape index (κ3) is 6.20. The molecule has 0 bridgehead atoms. The predicted molar refractivity (Wildman–Crippen MR) is 114 cm³/mol. The van der Waals surface area contributed by atoms with Crippen molar-refractivity contribution in [2.24, 2.45) is 0 Å². The van der Waals surface area contributed by atoms with E-state index in [-0.39, 0.29) is 17.7 Å². The quantitative estimate of drug-likeness (QED) is 0.575. The number of carbonyl (C=O) groups excluding carboxylic acids is 1. The summed E-state index contributed by atoms with van der Waals surface area (Å²) < 4.78 is 63.0. The Balaban J connectivity index is 1.71. The van der Waals surface area contributed by atoms with Crippen molar-refractivity contribution < 1.29 is 31.9 Å². The van der Waals surface area contributed by atoms with Gasteiger partial charge in [0.05, 0.1) is 18.7 Å². The number of nitrogens with zero attached hydrogens (tertiary/aromatic N) is 2. The fraction of sp³-hybridized carbons (Fsp3) is 0.435. The molecule has 2 aromatic rings. The SMILES string of the molecule is CN(c1ccc(C(=O)NCC(F)(F)C(F)(F)F)cc1)C(CN1CCC(O)C1)c1ccccc1. The summed E-state index contributed by atoms with van der Waals surface area (Å²) in [6.45, 7) is 0.194. The number of likely N-dealkylation sites (tertiary alicyclic amines) is 1. The number of hydrogen-bond donors (Lipinski definition) is 2. The Hall–Kier alpha value is -2.72. The molecule has 0 aromatic heterocycles. The molecule has 1 fully saturated rings. The van der Waals surface area contributed by atoms with Gasteiger partial charge in [0.1, 0.15) is 0 Å². The first-order valence-corrected chi connectivity index (χ1v) is 10.5. The smallest absolute Gasteiger partial charge is 0.392 e. The summed E-state index contributed by atoms with van der Waals surface area (Å²) >= 11 is 0. The highest BCUT2D eigenvalue weighted by Crippen LogP contribution is 2.34. The number of nitrogens with one attached hydrogen (secondary N) is 1. The minimum absolute atomic E-state index is 0.0240. The van der Waals surface area contributed by atoms with Crippen LogP contribution < -0.4 is 10.2 Å². The number of rotatable bonds is 8. The average Bonchev–Trinajstić information content (AvgIpc) is 3.20. The fourth-order valence-electron chi connectivity index (χ4n) is 3.77. The first kappa shape index (κ1) is 24.9. The van der Waals surface area contributed by atoms with E-state index in [1.165, 1.54) is 12.1 Å². The van der Waals surface area contributed by atoms with E-state index in [9.17, 15) is 31.9 Å². The molecule has 0 aliphatic carbocycles. The highest BCUT2D eigenvalue weighted by atomic mass is 19.4. The van der Waals surface area contributed by atoms with Crippen LogP contribution in [-0.2, 0) is 0 Å². The van der Waals surface area contributed by atoms with Crippen LogP contribution in [-0.4, -0.2) is 67.3 Å². The van der Waals surface area contributed by atoms with Crippen LogP contribution in [0.15, 0.2) is 54.6 Å². The molecule has 33 heavy (non-hydrogen) atoms. The monoisotopic (exact) mass is 471 g/mol. The van der Waals surface area contributed by atoms with Crippen LogP contribution in [0.25, 0.3) is 0 Å². The van der Waals surface area contributed by atoms with Gasteiger partial charge in [0.2, 0.25) is 0 Å². The summed E-state index contributed by atoms with van der Waals surface area (Å²) in [5, 5.41) is 11.5. The molecule has 180 valence electrons. The van der Waals surface area contributed by atoms with Crippen LogP contribution in [0, 0.1) is 0 Å². The van der Waals surface area contributed by atoms with E-state index in [1.54, 1.807) is 17.4 Å². The molecule has 0 spiro atoms. The first-order chi connectivity index (χ1) is 15.5. The van der Waals surface area contributed by atoms with Gasteiger partial charge in [0, 0.05) is 37.9 Å². The van der Waals surface area contributed by atoms with Crippen LogP contribution in [0.4, 0.5) is 27.6 Å². The molecule has 1 aliphatic heterocycles. The van der Waals surface area contributed by atoms with E-state index in [1.807, 2.05) is 42.3 Å². The minimum atomic E-state index is -5.73. The molecule has 2 N–H and O–H groups in total. The number of aliphatic hydroxyl groups is 1. The van der Waals surface area contributed by atoms with Gasteiger partial charge < -0.3 is 15.3 Å². The lowest BCUT2D eigenvalue weighted by Crippen LogP contribution is -2.46. The third-order valence-electron chi connectivity index (χ3n) is 5.75. The van der Waals surface area contributed by atoms with Gasteiger partial charge in [0.25, 0.3) is 5.91 Å². The zero-order chi connectivity index (χ0) is 24.2. The lowest BCUT2D eigenvalue weighted by atomic mass is 10.0. The molecule has 0 radical (unpaired) electrons. The zero-order valence-electron chi connectivity index (χ0n) is 18.0. The highest BCUT2D eigenvalue weighted by Gasteiger charge is 2.57. The van der Waals surface area contributed by atoms with Gasteiger partial charge in [-0.3, -0.25) is 9.69 Å². The summed E-state index contributed by atoms with van der Waals surface area (Å²) in [4.78, 5) is 16.2. The van der Waals surface area contributed by atoms with Crippen molar-refractivity contribution in [2.45, 2.75) is 30.7 Å². The van der Waals surface area contributed by atoms with Crippen molar-refractivity contribution >= 4 is 11.6 Å². The fourth-order valence-corrected chi connectivity index (χ4v) is 3.77. The third-order valence-corrected chi connectivity index (χ3v) is 5.75. The van der Waals surface area contributed by atoms with Gasteiger partial charge in [-0.1, -0.05) is 30.3 Å². The molecule has 2 unspecified atom stereocenters. The second kappa shape index (κ2) is 10.0. The normalized spacial score (nSPS) is 18.2. The molecule has 1 saturated heterocycles. The number of amides is 1. The Morgan fingerprint density at radius 1 is 1.12 bits per heavy atom. The van der Waals surface area contributed by atoms with Crippen molar-refractivity contribution in [2.75, 3.05) is 38.1 Å². The van der Waals surface area contributed by atoms with Gasteiger partial charge >= 0.3 is 12.1 Å². The van der Waals surface area contributed by atoms with E-state index in [0.29, 0.717) is 19.5 Å². The van der Waals surface area contributed by atoms with Crippen LogP contribution in [0.2, 0.25) is 0 Å². The molecule has 2 atom stereocenters. The topological polar surface area (TPSA) is 55.8 Å². The van der Waals surface area contributed by atoms with E-state index >= 15 is 0 Å². The van der Waals surface area contributed by atoms with E-state index in [0.717, 1.165) is 17.8 Å². The predicted octanol–water partition coefficient (Wildman–Crippen LogP) is 3.86. The Morgan fingerprint density at radius 3 is 2.30 bits per heavy atom. The Kier molecular flexibility index (Phi) is 7.58. The van der Waals surface area contributed by atoms with Gasteiger partial charge in [0.15, 0.2) is 0 Å². The van der Waals surface area contributed by atoms with Crippen molar-refractivity contribution in [1.82, 2.24) is 10.2 Å². The standard InChI is InChI=1S/C23H26F5N3O2/c1-30(20(16-5-3-2-4-6-16)14-31-12-11-19(32)13-31)18-9-7-17(8-10-18)21(33)29-15-22(24,25)23(26,27)28/h2-10,19-20,32H,11-15H2,1H3,(H,29,33). The van der Waals surface area contributed by atoms with Crippen LogP contribution in [0.3, 0.4) is 0 Å². The lowest BCUT2D eigenvalue weighted by Gasteiger charge is -2.33. The second-order valence-electron chi connectivity index (χ2n) is 8.17. The van der Waals surface area contributed by atoms with Crippen molar-refractivity contribution in [3.63, 3.8) is 0 Å². The summed E-state index contributed by atoms with van der Waals surface area (Å²) in [7, 11) is 1.88. The molecule has 1 heterocycles. The largest absolute Gasteiger partial charge is 0.455 e. The molecule has 1 amide bonds. The number of hydrogen-bond acceptors (Lipinski definition) is 4. The summed E-state index contributed by atoms with van der Waals surface area (Å²) in [5.41, 5.74) is 1.77. The van der Waals surface area contributed by atoms with Crippen LogP contribution in [0.1, 0.15) is 28.4 Å². The van der Waals surface area contributed by atoms with Crippen molar-refractivity contribution in [3.8, 4) is 0 Å². The number of benzene rings is 2. The van der Waals surface area contributed by atoms with E-state index in [4.69, 9.17) is 0 Å². The maximum absolute atomic E-state index is 13.1. The molecule has 0 saturated carbocycles. The van der Waals surface area contributed by atoms with Crippen molar-refractivity contribution in [3.05, 3.63) is 65.7 Å². The van der Waals surface area contributed by atoms with Gasteiger partial charge in [-0.2, -0.15) is 22.0 Å². The van der Waals surface area contributed by atoms with E-state index in [2.05, 4.69) is 4.90 Å². The molecular formula is C23H26F5N3O2. The van der Waals surface area contributed by atoms with Gasteiger partial charge in [-0.05, 0) is 36.2 Å². The lowest BCUT2D eigenvalue weighted by molar-refractivity contribution is -0.278. The van der Waals surface area contributed by atoms with Gasteiger partial charge in [-0.15, -0.1) is 0 Å². The summed E-state index contributed by atoms with van der Waals surface area (Å²) in [6, 6.07) is 15.7. The average molecular weight is 471 g/mol. The number of anilines is 1. The number of alkyl halides is 5. The maximum atomic E-state index is 13.1. The molecule has 10 heteroatoms. The van der Waals surface area contributed by atoms with E-state index < -0.39 is 24.6 Å². The molecule has 3 rings (SSSR count). The molecular weight excluding hydrogens is 445 g/mol. The number of halogens is 5. The second-order valence-corrected chi connectivity index (χ2v) is 8.17. The summed E-state index contributed by atoms with van der Waals surface area (Å²) in [5.74, 6) is -6.02. The first-order valence-electron chi connectivity index (χ1n) is 10.5. The highest BCUT2D eigenvalue weighted by molar-refractivity contribution is 5.94. The maximum Gasteiger partial charge on any atom is 0.455 e. The van der Waals surface area contributed by atoms with Gasteiger partial charge in [-0.25, -0.2) is 0 Å².